The lowest BCUT2D eigenvalue weighted by molar-refractivity contribution is 0.0203. The molecule has 8 nitrogen and oxygen atoms in total. The van der Waals surface area contributed by atoms with E-state index in [4.69, 9.17) is 9.47 Å². The van der Waals surface area contributed by atoms with E-state index in [1.165, 1.54) is 7.11 Å². The van der Waals surface area contributed by atoms with Gasteiger partial charge in [-0.2, -0.15) is 0 Å². The molecule has 0 saturated carbocycles. The molecule has 0 atom stereocenters. The summed E-state index contributed by atoms with van der Waals surface area (Å²) in [6.07, 6.45) is 2.71. The highest BCUT2D eigenvalue weighted by Gasteiger charge is 2.30. The second kappa shape index (κ2) is 8.44. The molecule has 0 aliphatic carbocycles. The minimum Gasteiger partial charge on any atom is -0.444 e. The summed E-state index contributed by atoms with van der Waals surface area (Å²) in [5.41, 5.74) is 0.683. The Kier molecular flexibility index (Phi) is 6.52. The summed E-state index contributed by atoms with van der Waals surface area (Å²) in [6, 6.07) is 0. The average Bonchev–Trinajstić information content (AvgIpc) is 2.58. The second-order valence-electron chi connectivity index (χ2n) is 7.40. The third kappa shape index (κ3) is 5.39. The van der Waals surface area contributed by atoms with Gasteiger partial charge < -0.3 is 19.7 Å². The number of ether oxygens (including phenoxy) is 2. The van der Waals surface area contributed by atoms with Gasteiger partial charge in [-0.3, -0.25) is 4.79 Å². The topological polar surface area (TPSA) is 93.6 Å². The number of carbonyl (C=O) groups excluding carboxylic acids is 2. The second-order valence-corrected chi connectivity index (χ2v) is 7.40. The normalized spacial score (nSPS) is 15.7. The summed E-state index contributed by atoms with van der Waals surface area (Å²) in [7, 11) is 1.51. The largest absolute Gasteiger partial charge is 0.444 e. The van der Waals surface area contributed by atoms with Crippen LogP contribution in [0.3, 0.4) is 0 Å². The van der Waals surface area contributed by atoms with Crippen molar-refractivity contribution in [3.05, 3.63) is 23.3 Å². The van der Waals surface area contributed by atoms with Crippen molar-refractivity contribution in [3.63, 3.8) is 0 Å². The third-order valence-corrected chi connectivity index (χ3v) is 4.09. The summed E-state index contributed by atoms with van der Waals surface area (Å²) in [5.74, 6) is 0.466. The van der Waals surface area contributed by atoms with E-state index in [1.54, 1.807) is 18.0 Å². The molecule has 144 valence electrons. The molecule has 1 N–H and O–H groups in total. The standard InChI is InChI=1S/C18H28N4O4/c1-12-19-10-14(16(23)20-11-25-5)15(21-12)13-6-8-22(9-7-13)17(24)26-18(2,3)4/h10,13H,6-9,11H2,1-5H3,(H,20,23). The molecule has 1 fully saturated rings. The molecular formula is C18H28N4O4. The van der Waals surface area contributed by atoms with Crippen LogP contribution in [0.4, 0.5) is 4.79 Å². The molecule has 0 radical (unpaired) electrons. The summed E-state index contributed by atoms with van der Waals surface area (Å²) >= 11 is 0. The molecule has 8 heteroatoms. The maximum atomic E-state index is 12.4. The number of carbonyl (C=O) groups is 2. The number of aromatic nitrogens is 2. The Labute approximate surface area is 154 Å². The predicted octanol–water partition coefficient (Wildman–Crippen LogP) is 2.23. The molecule has 26 heavy (non-hydrogen) atoms. The Bertz CT molecular complexity index is 649. The first-order valence-corrected chi connectivity index (χ1v) is 8.80. The van der Waals surface area contributed by atoms with E-state index in [2.05, 4.69) is 15.3 Å². The van der Waals surface area contributed by atoms with Crippen LogP contribution in [0.5, 0.6) is 0 Å². The Morgan fingerprint density at radius 3 is 2.54 bits per heavy atom. The lowest BCUT2D eigenvalue weighted by Gasteiger charge is -2.33. The molecule has 2 rings (SSSR count). The number of aryl methyl sites for hydroxylation is 1. The number of nitrogens with zero attached hydrogens (tertiary/aromatic N) is 3. The quantitative estimate of drug-likeness (QED) is 0.824. The fraction of sp³-hybridized carbons (Fsp3) is 0.667. The van der Waals surface area contributed by atoms with Crippen molar-refractivity contribution in [2.75, 3.05) is 26.9 Å². The Morgan fingerprint density at radius 2 is 1.96 bits per heavy atom. The van der Waals surface area contributed by atoms with Crippen LogP contribution in [0.25, 0.3) is 0 Å². The molecular weight excluding hydrogens is 336 g/mol. The molecule has 0 aromatic carbocycles. The average molecular weight is 364 g/mol. The van der Waals surface area contributed by atoms with Crippen LogP contribution in [-0.4, -0.2) is 59.4 Å². The molecule has 0 unspecified atom stereocenters. The highest BCUT2D eigenvalue weighted by molar-refractivity contribution is 5.95. The minimum absolute atomic E-state index is 0.0960. The number of rotatable bonds is 4. The van der Waals surface area contributed by atoms with Gasteiger partial charge >= 0.3 is 6.09 Å². The van der Waals surface area contributed by atoms with Crippen molar-refractivity contribution in [1.29, 1.82) is 0 Å². The van der Waals surface area contributed by atoms with Crippen molar-refractivity contribution >= 4 is 12.0 Å². The Morgan fingerprint density at radius 1 is 1.31 bits per heavy atom. The number of methoxy groups -OCH3 is 1. The number of hydrogen-bond donors (Lipinski definition) is 1. The summed E-state index contributed by atoms with van der Waals surface area (Å²) in [5, 5.41) is 2.67. The van der Waals surface area contributed by atoms with Crippen LogP contribution in [0.1, 0.15) is 61.4 Å². The first-order chi connectivity index (χ1) is 12.2. The number of hydrogen-bond acceptors (Lipinski definition) is 6. The third-order valence-electron chi connectivity index (χ3n) is 4.09. The summed E-state index contributed by atoms with van der Waals surface area (Å²) in [4.78, 5) is 34.9. The molecule has 1 aliphatic heterocycles. The van der Waals surface area contributed by atoms with Crippen LogP contribution in [-0.2, 0) is 9.47 Å². The highest BCUT2D eigenvalue weighted by Crippen LogP contribution is 2.29. The van der Waals surface area contributed by atoms with Gasteiger partial charge in [-0.15, -0.1) is 0 Å². The van der Waals surface area contributed by atoms with Gasteiger partial charge in [0.15, 0.2) is 0 Å². The zero-order valence-electron chi connectivity index (χ0n) is 16.2. The fourth-order valence-electron chi connectivity index (χ4n) is 2.87. The highest BCUT2D eigenvalue weighted by atomic mass is 16.6. The predicted molar refractivity (Wildman–Crippen MR) is 95.9 cm³/mol. The zero-order chi connectivity index (χ0) is 19.3. The van der Waals surface area contributed by atoms with E-state index in [1.807, 2.05) is 20.8 Å². The molecule has 0 spiro atoms. The van der Waals surface area contributed by atoms with Crippen molar-refractivity contribution in [2.24, 2.45) is 0 Å². The van der Waals surface area contributed by atoms with E-state index < -0.39 is 5.60 Å². The van der Waals surface area contributed by atoms with Crippen molar-refractivity contribution in [1.82, 2.24) is 20.2 Å². The smallest absolute Gasteiger partial charge is 0.410 e. The number of amides is 2. The summed E-state index contributed by atoms with van der Waals surface area (Å²) in [6.45, 7) is 8.63. The molecule has 1 saturated heterocycles. The minimum atomic E-state index is -0.510. The van der Waals surface area contributed by atoms with Gasteiger partial charge in [0.1, 0.15) is 18.2 Å². The molecule has 1 aromatic rings. The SMILES string of the molecule is COCNC(=O)c1cnc(C)nc1C1CCN(C(=O)OC(C)(C)C)CC1. The van der Waals surface area contributed by atoms with Crippen molar-refractivity contribution in [2.45, 2.75) is 52.1 Å². The van der Waals surface area contributed by atoms with E-state index >= 15 is 0 Å². The van der Waals surface area contributed by atoms with E-state index in [0.29, 0.717) is 24.5 Å². The molecule has 2 heterocycles. The number of piperidine rings is 1. The van der Waals surface area contributed by atoms with Gasteiger partial charge in [-0.1, -0.05) is 0 Å². The van der Waals surface area contributed by atoms with Crippen LogP contribution < -0.4 is 5.32 Å². The van der Waals surface area contributed by atoms with Gasteiger partial charge in [0.25, 0.3) is 5.91 Å². The Hall–Kier alpha value is -2.22. The van der Waals surface area contributed by atoms with Crippen LogP contribution in [0.15, 0.2) is 6.20 Å². The van der Waals surface area contributed by atoms with Gasteiger partial charge in [0.05, 0.1) is 11.3 Å². The maximum Gasteiger partial charge on any atom is 0.410 e. The van der Waals surface area contributed by atoms with E-state index in [-0.39, 0.29) is 24.6 Å². The molecule has 2 amide bonds. The van der Waals surface area contributed by atoms with Gasteiger partial charge in [0.2, 0.25) is 0 Å². The molecule has 1 aromatic heterocycles. The van der Waals surface area contributed by atoms with Gasteiger partial charge in [-0.25, -0.2) is 14.8 Å². The van der Waals surface area contributed by atoms with Gasteiger partial charge in [0, 0.05) is 32.3 Å². The first kappa shape index (κ1) is 20.1. The van der Waals surface area contributed by atoms with Crippen LogP contribution in [0.2, 0.25) is 0 Å². The van der Waals surface area contributed by atoms with E-state index in [9.17, 15) is 9.59 Å². The van der Waals surface area contributed by atoms with Crippen LogP contribution in [0, 0.1) is 6.92 Å². The number of likely N-dealkylation sites (tertiary alicyclic amines) is 1. The monoisotopic (exact) mass is 364 g/mol. The lowest BCUT2D eigenvalue weighted by Crippen LogP contribution is -2.41. The number of nitrogens with one attached hydrogen (secondary N) is 1. The van der Waals surface area contributed by atoms with Crippen molar-refractivity contribution in [3.8, 4) is 0 Å². The van der Waals surface area contributed by atoms with Gasteiger partial charge in [-0.05, 0) is 40.5 Å². The fourth-order valence-corrected chi connectivity index (χ4v) is 2.87. The zero-order valence-corrected chi connectivity index (χ0v) is 16.2. The Balaban J connectivity index is 2.08. The molecule has 1 aliphatic rings. The maximum absolute atomic E-state index is 12.4. The summed E-state index contributed by atoms with van der Waals surface area (Å²) < 4.78 is 10.3. The van der Waals surface area contributed by atoms with Crippen molar-refractivity contribution < 1.29 is 19.1 Å². The lowest BCUT2D eigenvalue weighted by atomic mass is 9.90. The molecule has 0 bridgehead atoms. The first-order valence-electron chi connectivity index (χ1n) is 8.80. The van der Waals surface area contributed by atoms with Crippen LogP contribution >= 0.6 is 0 Å². The van der Waals surface area contributed by atoms with E-state index in [0.717, 1.165) is 18.5 Å².